The molecule has 0 amide bonds. The number of hydrogen-bond donors (Lipinski definition) is 0. The second-order valence-corrected chi connectivity index (χ2v) is 4.91. The molecule has 0 aliphatic rings. The summed E-state index contributed by atoms with van der Waals surface area (Å²) in [5, 5.41) is 20.6. The van der Waals surface area contributed by atoms with Crippen molar-refractivity contribution in [2.24, 2.45) is 5.92 Å². The van der Waals surface area contributed by atoms with Crippen LogP contribution < -0.4 is 0 Å². The summed E-state index contributed by atoms with van der Waals surface area (Å²) in [6, 6.07) is 5.59. The van der Waals surface area contributed by atoms with Gasteiger partial charge < -0.3 is 9.47 Å². The third kappa shape index (κ3) is 4.40. The lowest BCUT2D eigenvalue weighted by Crippen LogP contribution is -2.28. The molecule has 0 spiro atoms. The third-order valence-electron chi connectivity index (χ3n) is 3.16. The molecule has 0 aliphatic carbocycles. The molecule has 1 atom stereocenters. The number of nitro benzene ring substituents is 1. The number of hydrogen-bond acceptors (Lipinski definition) is 7. The van der Waals surface area contributed by atoms with Gasteiger partial charge in [0.15, 0.2) is 5.92 Å². The molecule has 1 rings (SSSR count). The van der Waals surface area contributed by atoms with Gasteiger partial charge in [-0.15, -0.1) is 0 Å². The summed E-state index contributed by atoms with van der Waals surface area (Å²) in [4.78, 5) is 33.8. The molecule has 0 radical (unpaired) electrons. The largest absolute Gasteiger partial charge is 0.468 e. The summed E-state index contributed by atoms with van der Waals surface area (Å²) in [5.74, 6) is -4.26. The highest BCUT2D eigenvalue weighted by Crippen LogP contribution is 2.33. The Balaban J connectivity index is 3.25. The van der Waals surface area contributed by atoms with E-state index in [0.29, 0.717) is 0 Å². The van der Waals surface area contributed by atoms with Crippen LogP contribution >= 0.6 is 11.6 Å². The van der Waals surface area contributed by atoms with Crippen LogP contribution in [-0.2, 0) is 19.1 Å². The summed E-state index contributed by atoms with van der Waals surface area (Å²) >= 11 is 5.82. The lowest BCUT2D eigenvalue weighted by Gasteiger charge is -2.16. The molecule has 0 saturated heterocycles. The van der Waals surface area contributed by atoms with Crippen molar-refractivity contribution in [2.75, 3.05) is 14.2 Å². The summed E-state index contributed by atoms with van der Waals surface area (Å²) in [7, 11) is 2.17. The topological polar surface area (TPSA) is 120 Å². The summed E-state index contributed by atoms with van der Waals surface area (Å²) < 4.78 is 9.02. The van der Waals surface area contributed by atoms with Crippen molar-refractivity contribution in [3.8, 4) is 6.07 Å². The Morgan fingerprint density at radius 2 is 1.91 bits per heavy atom. The van der Waals surface area contributed by atoms with Crippen molar-refractivity contribution in [2.45, 2.75) is 12.3 Å². The van der Waals surface area contributed by atoms with E-state index in [-0.39, 0.29) is 22.7 Å². The Kier molecular flexibility index (Phi) is 6.48. The van der Waals surface area contributed by atoms with Crippen LogP contribution in [0.3, 0.4) is 0 Å². The Labute approximate surface area is 136 Å². The molecule has 0 saturated carbocycles. The Bertz CT molecular complexity index is 654. The van der Waals surface area contributed by atoms with Crippen LogP contribution in [0.4, 0.5) is 5.69 Å². The molecule has 122 valence electrons. The molecule has 0 aromatic heterocycles. The second kappa shape index (κ2) is 8.10. The van der Waals surface area contributed by atoms with Crippen LogP contribution in [0.25, 0.3) is 0 Å². The first kappa shape index (κ1) is 18.4. The zero-order chi connectivity index (χ0) is 17.6. The fourth-order valence-corrected chi connectivity index (χ4v) is 2.21. The van der Waals surface area contributed by atoms with E-state index in [4.69, 9.17) is 11.6 Å². The highest BCUT2D eigenvalue weighted by atomic mass is 35.5. The molecular weight excluding hydrogens is 328 g/mol. The Morgan fingerprint density at radius 1 is 1.35 bits per heavy atom. The Hall–Kier alpha value is -2.66. The second-order valence-electron chi connectivity index (χ2n) is 4.48. The molecule has 23 heavy (non-hydrogen) atoms. The van der Waals surface area contributed by atoms with E-state index in [1.165, 1.54) is 12.1 Å². The molecule has 0 aliphatic heterocycles. The third-order valence-corrected chi connectivity index (χ3v) is 3.40. The highest BCUT2D eigenvalue weighted by Gasteiger charge is 2.34. The fraction of sp³-hybridized carbons (Fsp3) is 0.357. The van der Waals surface area contributed by atoms with Crippen LogP contribution in [0.5, 0.6) is 0 Å². The number of ether oxygens (including phenoxy) is 2. The zero-order valence-electron chi connectivity index (χ0n) is 12.3. The van der Waals surface area contributed by atoms with Crippen LogP contribution in [0.1, 0.15) is 17.9 Å². The van der Waals surface area contributed by atoms with E-state index in [0.717, 1.165) is 20.3 Å². The minimum atomic E-state index is -1.37. The van der Waals surface area contributed by atoms with Crippen molar-refractivity contribution in [3.63, 3.8) is 0 Å². The van der Waals surface area contributed by atoms with Gasteiger partial charge in [-0.05, 0) is 18.6 Å². The van der Waals surface area contributed by atoms with Gasteiger partial charge in [0.2, 0.25) is 0 Å². The normalized spacial score (nSPS) is 11.4. The molecule has 0 heterocycles. The van der Waals surface area contributed by atoms with Crippen LogP contribution in [-0.4, -0.2) is 31.1 Å². The molecule has 0 N–H and O–H groups in total. The lowest BCUT2D eigenvalue weighted by atomic mass is 9.88. The van der Waals surface area contributed by atoms with Crippen LogP contribution in [0.15, 0.2) is 18.2 Å². The van der Waals surface area contributed by atoms with Gasteiger partial charge in [0, 0.05) is 16.7 Å². The first-order chi connectivity index (χ1) is 10.8. The van der Waals surface area contributed by atoms with E-state index in [9.17, 15) is 25.0 Å². The van der Waals surface area contributed by atoms with Crippen molar-refractivity contribution in [1.29, 1.82) is 5.26 Å². The minimum Gasteiger partial charge on any atom is -0.468 e. The average molecular weight is 341 g/mol. The van der Waals surface area contributed by atoms with E-state index in [1.807, 2.05) is 6.07 Å². The molecular formula is C14H13ClN2O6. The number of benzene rings is 1. The van der Waals surface area contributed by atoms with Gasteiger partial charge in [0.25, 0.3) is 5.69 Å². The maximum atomic E-state index is 11.7. The highest BCUT2D eigenvalue weighted by molar-refractivity contribution is 6.30. The number of rotatable bonds is 6. The maximum absolute atomic E-state index is 11.7. The predicted octanol–water partition coefficient (Wildman–Crippen LogP) is 2.21. The van der Waals surface area contributed by atoms with Gasteiger partial charge in [-0.1, -0.05) is 11.6 Å². The number of halogens is 1. The molecule has 1 aromatic carbocycles. The minimum absolute atomic E-state index is 0.0165. The van der Waals surface area contributed by atoms with Gasteiger partial charge in [0.1, 0.15) is 0 Å². The number of nitriles is 1. The fourth-order valence-electron chi connectivity index (χ4n) is 2.03. The summed E-state index contributed by atoms with van der Waals surface area (Å²) in [5.41, 5.74) is -0.308. The monoisotopic (exact) mass is 340 g/mol. The summed E-state index contributed by atoms with van der Waals surface area (Å²) in [6.45, 7) is 0. The smallest absolute Gasteiger partial charge is 0.320 e. The molecule has 8 nitrogen and oxygen atoms in total. The van der Waals surface area contributed by atoms with E-state index < -0.39 is 28.7 Å². The first-order valence-corrected chi connectivity index (χ1v) is 6.72. The lowest BCUT2D eigenvalue weighted by molar-refractivity contribution is -0.385. The van der Waals surface area contributed by atoms with Crippen molar-refractivity contribution in [1.82, 2.24) is 0 Å². The Morgan fingerprint density at radius 3 is 2.35 bits per heavy atom. The standard InChI is InChI=1S/C14H13ClN2O6/c1-22-13(18)11(14(19)23-2)5-8(7-16)10-6-9(15)3-4-12(10)17(20)21/h3-4,6,8,11H,5H2,1-2H3. The number of carbonyl (C=O) groups excluding carboxylic acids is 2. The number of nitro groups is 1. The number of carbonyl (C=O) groups is 2. The van der Waals surface area contributed by atoms with E-state index in [1.54, 1.807) is 0 Å². The maximum Gasteiger partial charge on any atom is 0.320 e. The predicted molar refractivity (Wildman–Crippen MR) is 78.6 cm³/mol. The van der Waals surface area contributed by atoms with Crippen LogP contribution in [0.2, 0.25) is 5.02 Å². The SMILES string of the molecule is COC(=O)C(CC(C#N)c1cc(Cl)ccc1[N+](=O)[O-])C(=O)OC. The molecule has 1 unspecified atom stereocenters. The van der Waals surface area contributed by atoms with Gasteiger partial charge in [-0.25, -0.2) is 0 Å². The molecule has 0 bridgehead atoms. The van der Waals surface area contributed by atoms with Crippen LogP contribution in [0, 0.1) is 27.4 Å². The van der Waals surface area contributed by atoms with Gasteiger partial charge in [-0.2, -0.15) is 5.26 Å². The molecule has 1 aromatic rings. The van der Waals surface area contributed by atoms with Crippen molar-refractivity contribution >= 4 is 29.2 Å². The van der Waals surface area contributed by atoms with Crippen molar-refractivity contribution < 1.29 is 24.0 Å². The van der Waals surface area contributed by atoms with E-state index >= 15 is 0 Å². The van der Waals surface area contributed by atoms with Gasteiger partial charge >= 0.3 is 11.9 Å². The zero-order valence-corrected chi connectivity index (χ0v) is 13.1. The molecule has 0 fully saturated rings. The first-order valence-electron chi connectivity index (χ1n) is 6.34. The number of esters is 2. The number of methoxy groups -OCH3 is 2. The van der Waals surface area contributed by atoms with Gasteiger partial charge in [0.05, 0.1) is 31.1 Å². The quantitative estimate of drug-likeness (QED) is 0.337. The van der Waals surface area contributed by atoms with Crippen molar-refractivity contribution in [3.05, 3.63) is 38.9 Å². The summed E-state index contributed by atoms with van der Waals surface area (Å²) in [6.07, 6.45) is -0.322. The average Bonchev–Trinajstić information content (AvgIpc) is 2.54. The van der Waals surface area contributed by atoms with E-state index in [2.05, 4.69) is 9.47 Å². The van der Waals surface area contributed by atoms with Gasteiger partial charge in [-0.3, -0.25) is 19.7 Å². The number of nitrogens with zero attached hydrogens (tertiary/aromatic N) is 2. The molecule has 9 heteroatoms.